The van der Waals surface area contributed by atoms with Crippen molar-refractivity contribution in [1.29, 1.82) is 0 Å². The Morgan fingerprint density at radius 1 is 1.25 bits per heavy atom. The second-order valence-corrected chi connectivity index (χ2v) is 4.54. The van der Waals surface area contributed by atoms with Crippen LogP contribution in [0.3, 0.4) is 0 Å². The van der Waals surface area contributed by atoms with Crippen LogP contribution in [-0.2, 0) is 13.1 Å². The molecule has 2 aromatic rings. The van der Waals surface area contributed by atoms with Crippen molar-refractivity contribution >= 4 is 11.5 Å². The van der Waals surface area contributed by atoms with Crippen LogP contribution in [0.4, 0.5) is 11.5 Å². The Kier molecular flexibility index (Phi) is 4.16. The van der Waals surface area contributed by atoms with Crippen molar-refractivity contribution in [2.75, 3.05) is 17.3 Å². The van der Waals surface area contributed by atoms with Gasteiger partial charge in [-0.2, -0.15) is 0 Å². The highest BCUT2D eigenvalue weighted by Crippen LogP contribution is 2.22. The molecule has 0 aliphatic carbocycles. The Bertz CT molecular complexity index is 610. The molecule has 0 aliphatic heterocycles. The monoisotopic (exact) mass is 278 g/mol. The molecule has 0 spiro atoms. The molecule has 110 valence electrons. The van der Waals surface area contributed by atoms with E-state index >= 15 is 0 Å². The number of nitrogen functional groups attached to an aromatic ring is 1. The Labute approximate surface area is 118 Å². The van der Waals surface area contributed by atoms with Crippen LogP contribution >= 0.6 is 0 Å². The van der Waals surface area contributed by atoms with Gasteiger partial charge in [0.05, 0.1) is 0 Å². The van der Waals surface area contributed by atoms with Crippen molar-refractivity contribution in [1.82, 2.24) is 19.0 Å². The number of hydrogen-bond acceptors (Lipinski definition) is 4. The summed E-state index contributed by atoms with van der Waals surface area (Å²) in [6.07, 6.45) is 6.21. The minimum absolute atomic E-state index is 0.134. The first-order chi connectivity index (χ1) is 9.65. The van der Waals surface area contributed by atoms with Gasteiger partial charge >= 0.3 is 0 Å². The molecule has 0 saturated carbocycles. The highest BCUT2D eigenvalue weighted by atomic mass is 16.1. The van der Waals surface area contributed by atoms with Crippen LogP contribution in [0, 0.1) is 0 Å². The highest BCUT2D eigenvalue weighted by Gasteiger charge is 2.22. The summed E-state index contributed by atoms with van der Waals surface area (Å²) >= 11 is 0. The highest BCUT2D eigenvalue weighted by molar-refractivity contribution is 5.62. The van der Waals surface area contributed by atoms with Gasteiger partial charge in [0.25, 0.3) is 5.56 Å². The fourth-order valence-corrected chi connectivity index (χ4v) is 2.44. The zero-order valence-electron chi connectivity index (χ0n) is 12.3. The molecule has 0 saturated heterocycles. The summed E-state index contributed by atoms with van der Waals surface area (Å²) in [5.74, 6) is 0.735. The second-order valence-electron chi connectivity index (χ2n) is 4.54. The Morgan fingerprint density at radius 2 is 1.95 bits per heavy atom. The molecule has 0 bridgehead atoms. The summed E-state index contributed by atoms with van der Waals surface area (Å²) in [6.45, 7) is 8.08. The molecule has 0 fully saturated rings. The van der Waals surface area contributed by atoms with Gasteiger partial charge in [0.2, 0.25) is 0 Å². The predicted octanol–water partition coefficient (Wildman–Crippen LogP) is 1.15. The number of anilines is 2. The molecular formula is C13H22N6O. The van der Waals surface area contributed by atoms with E-state index in [-0.39, 0.29) is 11.2 Å². The zero-order chi connectivity index (χ0) is 14.7. The van der Waals surface area contributed by atoms with Gasteiger partial charge in [-0.25, -0.2) is 14.3 Å². The molecule has 20 heavy (non-hydrogen) atoms. The van der Waals surface area contributed by atoms with E-state index in [0.717, 1.165) is 18.8 Å². The SMILES string of the molecule is CCCN(c1c(N)c(=O)n(CC)n1CC)n1ccnc1. The van der Waals surface area contributed by atoms with Crippen LogP contribution in [0.1, 0.15) is 27.2 Å². The fraction of sp³-hybridized carbons (Fsp3) is 0.538. The summed E-state index contributed by atoms with van der Waals surface area (Å²) in [5.41, 5.74) is 6.22. The van der Waals surface area contributed by atoms with Gasteiger partial charge in [0.15, 0.2) is 5.82 Å². The Balaban J connectivity index is 2.62. The van der Waals surface area contributed by atoms with Crippen LogP contribution in [0.2, 0.25) is 0 Å². The lowest BCUT2D eigenvalue weighted by Crippen LogP contribution is -2.32. The van der Waals surface area contributed by atoms with E-state index in [0.29, 0.717) is 13.1 Å². The molecule has 0 aliphatic rings. The number of hydrogen-bond donors (Lipinski definition) is 1. The van der Waals surface area contributed by atoms with Crippen LogP contribution in [-0.4, -0.2) is 25.6 Å². The zero-order valence-corrected chi connectivity index (χ0v) is 12.3. The maximum atomic E-state index is 12.2. The number of nitrogens with zero attached hydrogens (tertiary/aromatic N) is 5. The third kappa shape index (κ3) is 2.19. The lowest BCUT2D eigenvalue weighted by Gasteiger charge is -2.26. The molecule has 2 aromatic heterocycles. The van der Waals surface area contributed by atoms with Crippen molar-refractivity contribution < 1.29 is 0 Å². The van der Waals surface area contributed by atoms with E-state index in [4.69, 9.17) is 5.73 Å². The molecule has 7 heteroatoms. The Hall–Kier alpha value is -2.18. The fourth-order valence-electron chi connectivity index (χ4n) is 2.44. The molecule has 0 aromatic carbocycles. The van der Waals surface area contributed by atoms with E-state index in [2.05, 4.69) is 11.9 Å². The molecule has 7 nitrogen and oxygen atoms in total. The van der Waals surface area contributed by atoms with E-state index in [1.165, 1.54) is 0 Å². The van der Waals surface area contributed by atoms with Crippen molar-refractivity contribution in [2.24, 2.45) is 0 Å². The van der Waals surface area contributed by atoms with Crippen LogP contribution in [0.25, 0.3) is 0 Å². The lowest BCUT2D eigenvalue weighted by molar-refractivity contribution is 0.467. The Morgan fingerprint density at radius 3 is 2.45 bits per heavy atom. The maximum absolute atomic E-state index is 12.2. The third-order valence-electron chi connectivity index (χ3n) is 3.29. The summed E-state index contributed by atoms with van der Waals surface area (Å²) in [6, 6.07) is 0. The molecule has 2 N–H and O–H groups in total. The summed E-state index contributed by atoms with van der Waals surface area (Å²) in [4.78, 5) is 16.3. The van der Waals surface area contributed by atoms with Crippen LogP contribution in [0.15, 0.2) is 23.5 Å². The van der Waals surface area contributed by atoms with Crippen molar-refractivity contribution in [3.63, 3.8) is 0 Å². The molecule has 2 heterocycles. The van der Waals surface area contributed by atoms with Crippen molar-refractivity contribution in [2.45, 2.75) is 40.3 Å². The van der Waals surface area contributed by atoms with E-state index in [1.54, 1.807) is 17.2 Å². The largest absolute Gasteiger partial charge is 0.391 e. The first-order valence-corrected chi connectivity index (χ1v) is 7.00. The van der Waals surface area contributed by atoms with E-state index in [1.807, 2.05) is 34.4 Å². The molecule has 0 radical (unpaired) electrons. The second kappa shape index (κ2) is 5.85. The van der Waals surface area contributed by atoms with Crippen LogP contribution in [0.5, 0.6) is 0 Å². The summed E-state index contributed by atoms with van der Waals surface area (Å²) in [7, 11) is 0. The first kappa shape index (κ1) is 14.2. The normalized spacial score (nSPS) is 10.9. The standard InChI is InChI=1S/C13H22N6O/c1-4-8-19(16-9-7-15-10-16)12-11(14)13(20)18(6-3)17(12)5-2/h7,9-10H,4-6,8,14H2,1-3H3. The number of rotatable bonds is 6. The first-order valence-electron chi connectivity index (χ1n) is 7.00. The molecule has 0 unspecified atom stereocenters. The average molecular weight is 278 g/mol. The van der Waals surface area contributed by atoms with Crippen LogP contribution < -0.4 is 16.3 Å². The smallest absolute Gasteiger partial charge is 0.292 e. The van der Waals surface area contributed by atoms with Gasteiger partial charge in [-0.1, -0.05) is 6.92 Å². The molecule has 2 rings (SSSR count). The number of nitrogens with two attached hydrogens (primary N) is 1. The summed E-state index contributed by atoms with van der Waals surface area (Å²) in [5, 5.41) is 1.99. The van der Waals surface area contributed by atoms with Gasteiger partial charge in [0.1, 0.15) is 12.0 Å². The topological polar surface area (TPSA) is 74.0 Å². The average Bonchev–Trinajstić information content (AvgIpc) is 3.05. The summed E-state index contributed by atoms with van der Waals surface area (Å²) < 4.78 is 5.46. The van der Waals surface area contributed by atoms with Gasteiger partial charge in [-0.3, -0.25) is 14.5 Å². The van der Waals surface area contributed by atoms with E-state index < -0.39 is 0 Å². The minimum atomic E-state index is -0.134. The molecular weight excluding hydrogens is 256 g/mol. The van der Waals surface area contributed by atoms with Gasteiger partial charge < -0.3 is 5.73 Å². The third-order valence-corrected chi connectivity index (χ3v) is 3.29. The van der Waals surface area contributed by atoms with Gasteiger partial charge in [-0.15, -0.1) is 0 Å². The quantitative estimate of drug-likeness (QED) is 0.860. The molecule has 0 atom stereocenters. The van der Waals surface area contributed by atoms with E-state index in [9.17, 15) is 4.79 Å². The molecule has 0 amide bonds. The maximum Gasteiger partial charge on any atom is 0.292 e. The number of imidazole rings is 1. The lowest BCUT2D eigenvalue weighted by atomic mass is 10.4. The van der Waals surface area contributed by atoms with Gasteiger partial charge in [0, 0.05) is 32.0 Å². The van der Waals surface area contributed by atoms with Crippen molar-refractivity contribution in [3.05, 3.63) is 29.1 Å². The predicted molar refractivity (Wildman–Crippen MR) is 79.7 cm³/mol. The van der Waals surface area contributed by atoms with Gasteiger partial charge in [-0.05, 0) is 20.3 Å². The minimum Gasteiger partial charge on any atom is -0.391 e. The van der Waals surface area contributed by atoms with Crippen molar-refractivity contribution in [3.8, 4) is 0 Å². The number of aromatic nitrogens is 4.